The molecule has 2 aromatic carbocycles. The Morgan fingerprint density at radius 1 is 1.21 bits per heavy atom. The summed E-state index contributed by atoms with van der Waals surface area (Å²) in [5.74, 6) is 1.53. The largest absolute Gasteiger partial charge is 0.493 e. The molecule has 1 aliphatic heterocycles. The molecule has 2 N–H and O–H groups in total. The number of hydrogen-bond acceptors (Lipinski definition) is 5. The molecule has 0 fully saturated rings. The van der Waals surface area contributed by atoms with Gasteiger partial charge >= 0.3 is 5.97 Å². The van der Waals surface area contributed by atoms with Gasteiger partial charge in [-0.1, -0.05) is 24.3 Å². The summed E-state index contributed by atoms with van der Waals surface area (Å²) in [7, 11) is 0. The second-order valence-electron chi connectivity index (χ2n) is 6.95. The lowest BCUT2D eigenvalue weighted by atomic mass is 9.92. The highest BCUT2D eigenvalue weighted by atomic mass is 16.5. The van der Waals surface area contributed by atoms with Crippen LogP contribution in [0.3, 0.4) is 0 Å². The maximum absolute atomic E-state index is 11.5. The number of fused-ring (bicyclic) bond motifs is 1. The van der Waals surface area contributed by atoms with E-state index in [1.165, 1.54) is 12.3 Å². The first-order valence-corrected chi connectivity index (χ1v) is 9.54. The highest BCUT2D eigenvalue weighted by Gasteiger charge is 2.23. The van der Waals surface area contributed by atoms with Gasteiger partial charge < -0.3 is 19.9 Å². The van der Waals surface area contributed by atoms with Crippen LogP contribution in [-0.2, 0) is 0 Å². The van der Waals surface area contributed by atoms with Crippen LogP contribution in [0, 0.1) is 6.92 Å². The summed E-state index contributed by atoms with van der Waals surface area (Å²) < 4.78 is 11.8. The third kappa shape index (κ3) is 4.16. The Hall–Kier alpha value is -3.54. The highest BCUT2D eigenvalue weighted by molar-refractivity contribution is 5.94. The molecule has 0 radical (unpaired) electrons. The van der Waals surface area contributed by atoms with E-state index in [9.17, 15) is 9.90 Å². The van der Waals surface area contributed by atoms with Crippen molar-refractivity contribution in [3.8, 4) is 17.2 Å². The van der Waals surface area contributed by atoms with Gasteiger partial charge in [-0.3, -0.25) is 4.98 Å². The Kier molecular flexibility index (Phi) is 5.33. The van der Waals surface area contributed by atoms with Crippen LogP contribution in [0.15, 0.2) is 60.8 Å². The fraction of sp³-hybridized carbons (Fsp3) is 0.217. The number of carboxylic acids is 1. The fourth-order valence-electron chi connectivity index (χ4n) is 3.54. The number of rotatable bonds is 6. The first-order valence-electron chi connectivity index (χ1n) is 9.54. The Morgan fingerprint density at radius 3 is 2.83 bits per heavy atom. The minimum atomic E-state index is -0.965. The van der Waals surface area contributed by atoms with E-state index in [4.69, 9.17) is 9.47 Å². The van der Waals surface area contributed by atoms with E-state index >= 15 is 0 Å². The van der Waals surface area contributed by atoms with E-state index in [0.29, 0.717) is 24.5 Å². The molecule has 0 saturated carbocycles. The number of carbonyl (C=O) groups is 1. The van der Waals surface area contributed by atoms with Crippen molar-refractivity contribution in [1.82, 2.24) is 4.98 Å². The molecular formula is C23H22N2O4. The highest BCUT2D eigenvalue weighted by Crippen LogP contribution is 2.37. The van der Waals surface area contributed by atoms with Crippen molar-refractivity contribution < 1.29 is 19.4 Å². The van der Waals surface area contributed by atoms with Gasteiger partial charge in [0.05, 0.1) is 23.6 Å². The molecule has 0 spiro atoms. The van der Waals surface area contributed by atoms with Gasteiger partial charge in [-0.15, -0.1) is 0 Å². The number of anilines is 1. The third-order valence-electron chi connectivity index (χ3n) is 5.02. The van der Waals surface area contributed by atoms with Crippen LogP contribution in [0.25, 0.3) is 0 Å². The molecule has 0 bridgehead atoms. The molecule has 6 nitrogen and oxygen atoms in total. The SMILES string of the molecule is Cc1nccc(C(=O)O)c1NCC1CCOc2cc(Oc3ccccc3)ccc21. The summed E-state index contributed by atoms with van der Waals surface area (Å²) in [6.07, 6.45) is 2.36. The van der Waals surface area contributed by atoms with Crippen molar-refractivity contribution in [2.75, 3.05) is 18.5 Å². The van der Waals surface area contributed by atoms with Gasteiger partial charge in [0.15, 0.2) is 0 Å². The maximum Gasteiger partial charge on any atom is 0.337 e. The molecule has 1 atom stereocenters. The van der Waals surface area contributed by atoms with Crippen molar-refractivity contribution in [1.29, 1.82) is 0 Å². The zero-order valence-electron chi connectivity index (χ0n) is 16.1. The quantitative estimate of drug-likeness (QED) is 0.626. The molecule has 29 heavy (non-hydrogen) atoms. The first-order chi connectivity index (χ1) is 14.1. The second-order valence-corrected chi connectivity index (χ2v) is 6.95. The summed E-state index contributed by atoms with van der Waals surface area (Å²) in [5.41, 5.74) is 2.56. The Bertz CT molecular complexity index is 1020. The van der Waals surface area contributed by atoms with Crippen molar-refractivity contribution in [3.63, 3.8) is 0 Å². The number of hydrogen-bond donors (Lipinski definition) is 2. The number of para-hydroxylation sites is 1. The summed E-state index contributed by atoms with van der Waals surface area (Å²) in [6, 6.07) is 17.0. The molecule has 1 unspecified atom stereocenters. The van der Waals surface area contributed by atoms with Crippen LogP contribution >= 0.6 is 0 Å². The van der Waals surface area contributed by atoms with Crippen molar-refractivity contribution in [2.45, 2.75) is 19.3 Å². The topological polar surface area (TPSA) is 80.7 Å². The van der Waals surface area contributed by atoms with E-state index < -0.39 is 5.97 Å². The van der Waals surface area contributed by atoms with Crippen molar-refractivity contribution in [2.24, 2.45) is 0 Å². The monoisotopic (exact) mass is 390 g/mol. The number of aromatic nitrogens is 1. The van der Waals surface area contributed by atoms with Gasteiger partial charge in [0.25, 0.3) is 0 Å². The number of aryl methyl sites for hydroxylation is 1. The average Bonchev–Trinajstić information content (AvgIpc) is 2.73. The van der Waals surface area contributed by atoms with Crippen LogP contribution in [-0.4, -0.2) is 29.2 Å². The number of aromatic carboxylic acids is 1. The van der Waals surface area contributed by atoms with Gasteiger partial charge in [-0.25, -0.2) is 4.79 Å². The van der Waals surface area contributed by atoms with Crippen LogP contribution < -0.4 is 14.8 Å². The number of pyridine rings is 1. The molecule has 148 valence electrons. The molecule has 0 aliphatic carbocycles. The van der Waals surface area contributed by atoms with Gasteiger partial charge in [-0.2, -0.15) is 0 Å². The number of nitrogens with one attached hydrogen (secondary N) is 1. The molecule has 2 heterocycles. The lowest BCUT2D eigenvalue weighted by Gasteiger charge is -2.27. The standard InChI is InChI=1S/C23H22N2O4/c1-15-22(20(23(26)27)9-11-24-15)25-14-16-10-12-28-21-13-18(7-8-19(16)21)29-17-5-3-2-4-6-17/h2-9,11,13,16,25H,10,12,14H2,1H3,(H,26,27). The molecule has 1 aliphatic rings. The lowest BCUT2D eigenvalue weighted by Crippen LogP contribution is -2.22. The first kappa shape index (κ1) is 18.8. The van der Waals surface area contributed by atoms with E-state index in [0.717, 1.165) is 29.2 Å². The molecule has 3 aromatic rings. The Labute approximate surface area is 169 Å². The Morgan fingerprint density at radius 2 is 2.03 bits per heavy atom. The van der Waals surface area contributed by atoms with Crippen LogP contribution in [0.2, 0.25) is 0 Å². The van der Waals surface area contributed by atoms with E-state index in [2.05, 4.69) is 10.3 Å². The maximum atomic E-state index is 11.5. The van der Waals surface area contributed by atoms with Crippen LogP contribution in [0.4, 0.5) is 5.69 Å². The minimum absolute atomic E-state index is 0.200. The van der Waals surface area contributed by atoms with E-state index in [-0.39, 0.29) is 11.5 Å². The summed E-state index contributed by atoms with van der Waals surface area (Å²) in [5, 5.41) is 12.7. The number of nitrogens with zero attached hydrogens (tertiary/aromatic N) is 1. The van der Waals surface area contributed by atoms with E-state index in [1.807, 2.05) is 48.5 Å². The van der Waals surface area contributed by atoms with Crippen molar-refractivity contribution in [3.05, 3.63) is 77.6 Å². The predicted molar refractivity (Wildman–Crippen MR) is 110 cm³/mol. The smallest absolute Gasteiger partial charge is 0.337 e. The summed E-state index contributed by atoms with van der Waals surface area (Å²) in [4.78, 5) is 15.7. The molecule has 4 rings (SSSR count). The second kappa shape index (κ2) is 8.22. The zero-order chi connectivity index (χ0) is 20.2. The van der Waals surface area contributed by atoms with Gasteiger partial charge in [0.1, 0.15) is 17.2 Å². The van der Waals surface area contributed by atoms with Crippen LogP contribution in [0.5, 0.6) is 17.2 Å². The zero-order valence-corrected chi connectivity index (χ0v) is 16.1. The third-order valence-corrected chi connectivity index (χ3v) is 5.02. The van der Waals surface area contributed by atoms with E-state index in [1.54, 1.807) is 6.92 Å². The minimum Gasteiger partial charge on any atom is -0.493 e. The van der Waals surface area contributed by atoms with Crippen LogP contribution in [0.1, 0.15) is 34.0 Å². The fourth-order valence-corrected chi connectivity index (χ4v) is 3.54. The molecule has 6 heteroatoms. The number of ether oxygens (including phenoxy) is 2. The Balaban J connectivity index is 1.51. The summed E-state index contributed by atoms with van der Waals surface area (Å²) >= 11 is 0. The summed E-state index contributed by atoms with van der Waals surface area (Å²) in [6.45, 7) is 3.01. The number of benzene rings is 2. The average molecular weight is 390 g/mol. The van der Waals surface area contributed by atoms with Crippen molar-refractivity contribution >= 4 is 11.7 Å². The van der Waals surface area contributed by atoms with Gasteiger partial charge in [0, 0.05) is 24.7 Å². The molecule has 0 saturated heterocycles. The molecular weight excluding hydrogens is 368 g/mol. The van der Waals surface area contributed by atoms with Gasteiger partial charge in [0.2, 0.25) is 0 Å². The lowest BCUT2D eigenvalue weighted by molar-refractivity contribution is 0.0697. The predicted octanol–water partition coefficient (Wildman–Crippen LogP) is 4.86. The molecule has 0 amide bonds. The normalized spacial score (nSPS) is 15.1. The molecule has 1 aromatic heterocycles. The number of carboxylic acid groups (broad SMARTS) is 1. The van der Waals surface area contributed by atoms with Gasteiger partial charge in [-0.05, 0) is 43.2 Å².